The van der Waals surface area contributed by atoms with Crippen molar-refractivity contribution >= 4 is 11.6 Å². The van der Waals surface area contributed by atoms with Gasteiger partial charge in [0.2, 0.25) is 0 Å². The molecule has 2 nitrogen and oxygen atoms in total. The first-order valence-electron chi connectivity index (χ1n) is 4.88. The molecule has 1 N–H and O–H groups in total. The fraction of sp³-hybridized carbons (Fsp3) is 0.455. The van der Waals surface area contributed by atoms with E-state index >= 15 is 0 Å². The molecule has 1 fully saturated rings. The van der Waals surface area contributed by atoms with Crippen molar-refractivity contribution in [3.8, 4) is 0 Å². The number of likely N-dealkylation sites (N-methyl/N-ethyl adjacent to an activating group) is 1. The van der Waals surface area contributed by atoms with E-state index in [9.17, 15) is 9.50 Å². The van der Waals surface area contributed by atoms with E-state index in [0.29, 0.717) is 18.5 Å². The van der Waals surface area contributed by atoms with Gasteiger partial charge in [0, 0.05) is 13.1 Å². The quantitative estimate of drug-likeness (QED) is 0.796. The highest BCUT2D eigenvalue weighted by atomic mass is 35.5. The van der Waals surface area contributed by atoms with Gasteiger partial charge in [0.05, 0.1) is 5.02 Å². The van der Waals surface area contributed by atoms with Crippen LogP contribution >= 0.6 is 11.6 Å². The predicted octanol–water partition coefficient (Wildman–Crippen LogP) is 2.00. The molecule has 2 rings (SSSR count). The average molecular weight is 230 g/mol. The van der Waals surface area contributed by atoms with E-state index in [1.165, 1.54) is 12.1 Å². The summed E-state index contributed by atoms with van der Waals surface area (Å²) in [5.74, 6) is -0.475. The number of rotatable bonds is 1. The van der Waals surface area contributed by atoms with Crippen LogP contribution in [-0.2, 0) is 5.60 Å². The summed E-state index contributed by atoms with van der Waals surface area (Å²) >= 11 is 5.59. The summed E-state index contributed by atoms with van der Waals surface area (Å²) < 4.78 is 13.2. The van der Waals surface area contributed by atoms with E-state index in [4.69, 9.17) is 11.6 Å². The molecule has 1 aliphatic heterocycles. The van der Waals surface area contributed by atoms with Gasteiger partial charge in [0.15, 0.2) is 0 Å². The monoisotopic (exact) mass is 229 g/mol. The van der Waals surface area contributed by atoms with E-state index < -0.39 is 11.4 Å². The fourth-order valence-electron chi connectivity index (χ4n) is 2.00. The molecule has 0 aliphatic carbocycles. The molecule has 1 aliphatic rings. The van der Waals surface area contributed by atoms with Gasteiger partial charge in [-0.25, -0.2) is 4.39 Å². The van der Waals surface area contributed by atoms with Gasteiger partial charge >= 0.3 is 0 Å². The Labute approximate surface area is 93.3 Å². The summed E-state index contributed by atoms with van der Waals surface area (Å²) in [4.78, 5) is 2.02. The maximum absolute atomic E-state index is 13.2. The maximum Gasteiger partial charge on any atom is 0.142 e. The van der Waals surface area contributed by atoms with Gasteiger partial charge in [0.25, 0.3) is 0 Å². The number of nitrogens with zero attached hydrogens (tertiary/aromatic N) is 1. The zero-order chi connectivity index (χ0) is 11.1. The maximum atomic E-state index is 13.2. The summed E-state index contributed by atoms with van der Waals surface area (Å²) in [6, 6.07) is 4.49. The second kappa shape index (κ2) is 3.74. The molecule has 0 spiro atoms. The second-order valence-corrected chi connectivity index (χ2v) is 4.56. The first kappa shape index (κ1) is 10.9. The average Bonchev–Trinajstić information content (AvgIpc) is 2.52. The zero-order valence-electron chi connectivity index (χ0n) is 8.50. The van der Waals surface area contributed by atoms with Gasteiger partial charge < -0.3 is 10.0 Å². The van der Waals surface area contributed by atoms with Crippen molar-refractivity contribution < 1.29 is 9.50 Å². The van der Waals surface area contributed by atoms with Crippen molar-refractivity contribution in [1.29, 1.82) is 0 Å². The van der Waals surface area contributed by atoms with E-state index in [1.807, 2.05) is 11.9 Å². The van der Waals surface area contributed by atoms with Gasteiger partial charge in [-0.05, 0) is 31.2 Å². The highest BCUT2D eigenvalue weighted by Gasteiger charge is 2.36. The molecule has 1 aromatic rings. The van der Waals surface area contributed by atoms with Crippen LogP contribution in [0.3, 0.4) is 0 Å². The van der Waals surface area contributed by atoms with Crippen LogP contribution in [-0.4, -0.2) is 30.1 Å². The molecule has 1 unspecified atom stereocenters. The fourth-order valence-corrected chi connectivity index (χ4v) is 2.12. The number of likely N-dealkylation sites (tertiary alicyclic amines) is 1. The van der Waals surface area contributed by atoms with Gasteiger partial charge in [-0.15, -0.1) is 0 Å². The Morgan fingerprint density at radius 2 is 2.27 bits per heavy atom. The minimum absolute atomic E-state index is 0.0914. The highest BCUT2D eigenvalue weighted by Crippen LogP contribution is 2.32. The van der Waals surface area contributed by atoms with E-state index in [1.54, 1.807) is 6.07 Å². The third-order valence-electron chi connectivity index (χ3n) is 2.90. The minimum atomic E-state index is -0.930. The van der Waals surface area contributed by atoms with Crippen molar-refractivity contribution in [3.05, 3.63) is 34.6 Å². The molecule has 0 amide bonds. The standard InChI is InChI=1S/C11H13ClFNO/c1-14-5-4-11(15,7-14)8-2-3-9(12)10(13)6-8/h2-3,6,15H,4-5,7H2,1H3. The smallest absolute Gasteiger partial charge is 0.142 e. The van der Waals surface area contributed by atoms with E-state index in [2.05, 4.69) is 0 Å². The normalized spacial score (nSPS) is 27.2. The molecule has 0 bridgehead atoms. The topological polar surface area (TPSA) is 23.5 Å². The van der Waals surface area contributed by atoms with Crippen molar-refractivity contribution in [1.82, 2.24) is 4.90 Å². The first-order valence-corrected chi connectivity index (χ1v) is 5.25. The molecule has 15 heavy (non-hydrogen) atoms. The minimum Gasteiger partial charge on any atom is -0.384 e. The number of hydrogen-bond acceptors (Lipinski definition) is 2. The molecular formula is C11H13ClFNO. The van der Waals surface area contributed by atoms with Crippen LogP contribution < -0.4 is 0 Å². The highest BCUT2D eigenvalue weighted by molar-refractivity contribution is 6.30. The van der Waals surface area contributed by atoms with E-state index in [-0.39, 0.29) is 5.02 Å². The third kappa shape index (κ3) is 2.00. The Bertz CT molecular complexity index is 385. The van der Waals surface area contributed by atoms with Crippen LogP contribution in [0.5, 0.6) is 0 Å². The number of aliphatic hydroxyl groups is 1. The number of β-amino-alcohol motifs (C(OH)–C–C–N with tert-alkyl or cyclic N) is 1. The van der Waals surface area contributed by atoms with Crippen LogP contribution in [0.1, 0.15) is 12.0 Å². The van der Waals surface area contributed by atoms with E-state index in [0.717, 1.165) is 6.54 Å². The molecule has 1 atom stereocenters. The van der Waals surface area contributed by atoms with Gasteiger partial charge in [0.1, 0.15) is 11.4 Å². The van der Waals surface area contributed by atoms with Crippen molar-refractivity contribution in [2.45, 2.75) is 12.0 Å². The van der Waals surface area contributed by atoms with Crippen LogP contribution in [0.15, 0.2) is 18.2 Å². The van der Waals surface area contributed by atoms with Crippen LogP contribution in [0.2, 0.25) is 5.02 Å². The van der Waals surface area contributed by atoms with Crippen molar-refractivity contribution in [2.24, 2.45) is 0 Å². The Balaban J connectivity index is 2.33. The van der Waals surface area contributed by atoms with Gasteiger partial charge in [-0.2, -0.15) is 0 Å². The molecule has 0 aromatic heterocycles. The molecule has 1 saturated heterocycles. The molecule has 0 radical (unpaired) electrons. The van der Waals surface area contributed by atoms with Crippen molar-refractivity contribution in [3.63, 3.8) is 0 Å². The molecule has 1 heterocycles. The lowest BCUT2D eigenvalue weighted by molar-refractivity contribution is 0.0486. The summed E-state index contributed by atoms with van der Waals surface area (Å²) in [6.07, 6.45) is 0.630. The number of halogens is 2. The molecule has 1 aromatic carbocycles. The Hall–Kier alpha value is -0.640. The van der Waals surface area contributed by atoms with Gasteiger partial charge in [-0.3, -0.25) is 0 Å². The summed E-state index contributed by atoms with van der Waals surface area (Å²) in [5, 5.41) is 10.4. The Morgan fingerprint density at radius 1 is 1.53 bits per heavy atom. The lowest BCUT2D eigenvalue weighted by atomic mass is 9.93. The molecule has 0 saturated carbocycles. The lowest BCUT2D eigenvalue weighted by Gasteiger charge is -2.23. The summed E-state index contributed by atoms with van der Waals surface area (Å²) in [7, 11) is 1.93. The van der Waals surface area contributed by atoms with Crippen LogP contribution in [0.25, 0.3) is 0 Å². The zero-order valence-corrected chi connectivity index (χ0v) is 9.26. The molecule has 4 heteroatoms. The Kier molecular flexibility index (Phi) is 2.71. The predicted molar refractivity (Wildman–Crippen MR) is 57.4 cm³/mol. The molecular weight excluding hydrogens is 217 g/mol. The number of benzene rings is 1. The lowest BCUT2D eigenvalue weighted by Crippen LogP contribution is -2.29. The molecule has 82 valence electrons. The van der Waals surface area contributed by atoms with Crippen LogP contribution in [0, 0.1) is 5.82 Å². The number of hydrogen-bond donors (Lipinski definition) is 1. The Morgan fingerprint density at radius 3 is 2.80 bits per heavy atom. The van der Waals surface area contributed by atoms with Crippen molar-refractivity contribution in [2.75, 3.05) is 20.1 Å². The third-order valence-corrected chi connectivity index (χ3v) is 3.20. The SMILES string of the molecule is CN1CCC(O)(c2ccc(Cl)c(F)c2)C1. The van der Waals surface area contributed by atoms with Crippen LogP contribution in [0.4, 0.5) is 4.39 Å². The van der Waals surface area contributed by atoms with Gasteiger partial charge in [-0.1, -0.05) is 17.7 Å². The summed E-state index contributed by atoms with van der Waals surface area (Å²) in [5.41, 5.74) is -0.325. The second-order valence-electron chi connectivity index (χ2n) is 4.15. The summed E-state index contributed by atoms with van der Waals surface area (Å²) in [6.45, 7) is 1.36. The largest absolute Gasteiger partial charge is 0.384 e. The first-order chi connectivity index (χ1) is 7.01.